The predicted molar refractivity (Wildman–Crippen MR) is 44.1 cm³/mol. The van der Waals surface area contributed by atoms with Crippen LogP contribution < -0.4 is 5.73 Å². The van der Waals surface area contributed by atoms with E-state index >= 15 is 0 Å². The molecule has 0 radical (unpaired) electrons. The van der Waals surface area contributed by atoms with Gasteiger partial charge >= 0.3 is 0 Å². The Balaban J connectivity index is 2.83. The molecule has 0 heterocycles. The van der Waals surface area contributed by atoms with Crippen LogP contribution in [0.15, 0.2) is 0 Å². The lowest BCUT2D eigenvalue weighted by Gasteiger charge is -2.00. The lowest BCUT2D eigenvalue weighted by Crippen LogP contribution is -2.12. The summed E-state index contributed by atoms with van der Waals surface area (Å²) in [5, 5.41) is 0. The highest BCUT2D eigenvalue weighted by Crippen LogP contribution is 1.76. The van der Waals surface area contributed by atoms with Crippen LogP contribution in [0.2, 0.25) is 0 Å². The van der Waals surface area contributed by atoms with Crippen molar-refractivity contribution in [2.45, 2.75) is 6.92 Å². The molecule has 3 heteroatoms. The van der Waals surface area contributed by atoms with E-state index in [2.05, 4.69) is 11.8 Å². The molecule has 0 aliphatic heterocycles. The van der Waals surface area contributed by atoms with E-state index in [0.29, 0.717) is 33.0 Å². The fourth-order valence-corrected chi connectivity index (χ4v) is 0.499. The molecule has 0 aromatic rings. The van der Waals surface area contributed by atoms with Crippen molar-refractivity contribution in [3.8, 4) is 11.8 Å². The van der Waals surface area contributed by atoms with E-state index in [4.69, 9.17) is 15.2 Å². The molecule has 0 amide bonds. The third kappa shape index (κ3) is 9.44. The average Bonchev–Trinajstić information content (AvgIpc) is 2.03. The summed E-state index contributed by atoms with van der Waals surface area (Å²) in [6.07, 6.45) is 0. The van der Waals surface area contributed by atoms with Gasteiger partial charge in [0, 0.05) is 6.54 Å². The zero-order valence-electron chi connectivity index (χ0n) is 6.93. The number of hydrogen-bond donors (Lipinski definition) is 1. The summed E-state index contributed by atoms with van der Waals surface area (Å²) in [5.41, 5.74) is 5.20. The van der Waals surface area contributed by atoms with Crippen LogP contribution in [0.3, 0.4) is 0 Å². The third-order valence-corrected chi connectivity index (χ3v) is 0.985. The average molecular weight is 157 g/mol. The summed E-state index contributed by atoms with van der Waals surface area (Å²) in [6, 6.07) is 0. The van der Waals surface area contributed by atoms with Gasteiger partial charge in [-0.25, -0.2) is 0 Å². The highest BCUT2D eigenvalue weighted by atomic mass is 16.5. The maximum absolute atomic E-state index is 5.20. The lowest BCUT2D eigenvalue weighted by molar-refractivity contribution is 0.0636. The Morgan fingerprint density at radius 1 is 1.18 bits per heavy atom. The van der Waals surface area contributed by atoms with Crippen LogP contribution in [0.4, 0.5) is 0 Å². The molecule has 64 valence electrons. The molecule has 3 nitrogen and oxygen atoms in total. The minimum atomic E-state index is 0.489. The van der Waals surface area contributed by atoms with Crippen molar-refractivity contribution < 1.29 is 9.47 Å². The van der Waals surface area contributed by atoms with Gasteiger partial charge in [0.15, 0.2) is 0 Å². The van der Waals surface area contributed by atoms with Crippen molar-refractivity contribution in [2.24, 2.45) is 5.73 Å². The second-order valence-corrected chi connectivity index (χ2v) is 1.88. The molecule has 0 saturated heterocycles. The third-order valence-electron chi connectivity index (χ3n) is 0.985. The summed E-state index contributed by atoms with van der Waals surface area (Å²) in [7, 11) is 0. The Bertz CT molecular complexity index is 126. The van der Waals surface area contributed by atoms with Crippen LogP contribution in [0.5, 0.6) is 0 Å². The smallest absolute Gasteiger partial charge is 0.107 e. The zero-order valence-corrected chi connectivity index (χ0v) is 6.93. The number of ether oxygens (including phenoxy) is 2. The van der Waals surface area contributed by atoms with Crippen LogP contribution in [0.1, 0.15) is 6.92 Å². The number of nitrogens with two attached hydrogens (primary N) is 1. The van der Waals surface area contributed by atoms with Gasteiger partial charge in [-0.3, -0.25) is 0 Å². The van der Waals surface area contributed by atoms with Gasteiger partial charge in [0.1, 0.15) is 6.61 Å². The molecule has 2 N–H and O–H groups in total. The number of hydrogen-bond acceptors (Lipinski definition) is 3. The summed E-state index contributed by atoms with van der Waals surface area (Å²) in [4.78, 5) is 0. The molecule has 0 rings (SSSR count). The second kappa shape index (κ2) is 9.44. The van der Waals surface area contributed by atoms with Crippen LogP contribution in [-0.4, -0.2) is 33.0 Å². The van der Waals surface area contributed by atoms with Crippen LogP contribution in [-0.2, 0) is 9.47 Å². The normalized spacial score (nSPS) is 8.91. The first-order valence-electron chi connectivity index (χ1n) is 3.67. The van der Waals surface area contributed by atoms with Crippen molar-refractivity contribution in [1.82, 2.24) is 0 Å². The fourth-order valence-electron chi connectivity index (χ4n) is 0.499. The predicted octanol–water partition coefficient (Wildman–Crippen LogP) is 0.00160. The Labute approximate surface area is 67.9 Å². The van der Waals surface area contributed by atoms with Crippen molar-refractivity contribution in [3.63, 3.8) is 0 Å². The van der Waals surface area contributed by atoms with Gasteiger partial charge < -0.3 is 15.2 Å². The van der Waals surface area contributed by atoms with Gasteiger partial charge in [-0.15, -0.1) is 5.92 Å². The summed E-state index contributed by atoms with van der Waals surface area (Å²) < 4.78 is 10.1. The van der Waals surface area contributed by atoms with E-state index in [0.717, 1.165) is 0 Å². The van der Waals surface area contributed by atoms with Gasteiger partial charge in [0.25, 0.3) is 0 Å². The van der Waals surface area contributed by atoms with E-state index in [1.165, 1.54) is 0 Å². The quantitative estimate of drug-likeness (QED) is 0.436. The standard InChI is InChI=1S/C8H15NO2/c1-2-3-5-10-7-8-11-6-4-9/h4-9H2,1H3. The molecule has 0 saturated carbocycles. The van der Waals surface area contributed by atoms with Gasteiger partial charge in [0.05, 0.1) is 19.8 Å². The lowest BCUT2D eigenvalue weighted by atomic mass is 10.6. The molecule has 0 unspecified atom stereocenters. The van der Waals surface area contributed by atoms with Gasteiger partial charge in [-0.05, 0) is 6.92 Å². The molecule has 11 heavy (non-hydrogen) atoms. The van der Waals surface area contributed by atoms with E-state index in [-0.39, 0.29) is 0 Å². The SMILES string of the molecule is CC#CCOCCOCCN. The minimum absolute atomic E-state index is 0.489. The first-order chi connectivity index (χ1) is 5.41. The van der Waals surface area contributed by atoms with Crippen LogP contribution in [0.25, 0.3) is 0 Å². The molecule has 0 atom stereocenters. The summed E-state index contributed by atoms with van der Waals surface area (Å²) in [6.45, 7) is 4.63. The zero-order chi connectivity index (χ0) is 8.36. The number of rotatable bonds is 6. The van der Waals surface area contributed by atoms with Gasteiger partial charge in [0.2, 0.25) is 0 Å². The van der Waals surface area contributed by atoms with E-state index in [1.807, 2.05) is 0 Å². The highest BCUT2D eigenvalue weighted by molar-refractivity contribution is 4.94. The second-order valence-electron chi connectivity index (χ2n) is 1.88. The van der Waals surface area contributed by atoms with Gasteiger partial charge in [-0.2, -0.15) is 0 Å². The maximum Gasteiger partial charge on any atom is 0.107 e. The Hall–Kier alpha value is -0.560. The van der Waals surface area contributed by atoms with E-state index in [1.54, 1.807) is 6.92 Å². The molecule has 0 fully saturated rings. The van der Waals surface area contributed by atoms with Crippen LogP contribution >= 0.6 is 0 Å². The summed E-state index contributed by atoms with van der Waals surface area (Å²) in [5.74, 6) is 5.52. The largest absolute Gasteiger partial charge is 0.378 e. The first kappa shape index (κ1) is 10.4. The molecule has 0 aromatic carbocycles. The molecule has 0 spiro atoms. The maximum atomic E-state index is 5.20. The van der Waals surface area contributed by atoms with Gasteiger partial charge in [-0.1, -0.05) is 5.92 Å². The monoisotopic (exact) mass is 157 g/mol. The van der Waals surface area contributed by atoms with E-state index < -0.39 is 0 Å². The molecule has 0 aromatic heterocycles. The van der Waals surface area contributed by atoms with Crippen molar-refractivity contribution in [1.29, 1.82) is 0 Å². The first-order valence-corrected chi connectivity index (χ1v) is 3.67. The molecular weight excluding hydrogens is 142 g/mol. The minimum Gasteiger partial charge on any atom is -0.378 e. The molecule has 0 bridgehead atoms. The van der Waals surface area contributed by atoms with E-state index in [9.17, 15) is 0 Å². The van der Waals surface area contributed by atoms with Crippen LogP contribution in [0, 0.1) is 11.8 Å². The highest BCUT2D eigenvalue weighted by Gasteiger charge is 1.85. The summed E-state index contributed by atoms with van der Waals surface area (Å²) >= 11 is 0. The Morgan fingerprint density at radius 2 is 1.91 bits per heavy atom. The molecule has 0 aliphatic rings. The van der Waals surface area contributed by atoms with Crippen molar-refractivity contribution in [3.05, 3.63) is 0 Å². The Morgan fingerprint density at radius 3 is 2.55 bits per heavy atom. The fraction of sp³-hybridized carbons (Fsp3) is 0.750. The van der Waals surface area contributed by atoms with Crippen molar-refractivity contribution in [2.75, 3.05) is 33.0 Å². The Kier molecular flexibility index (Phi) is 8.96. The molecule has 0 aliphatic carbocycles. The topological polar surface area (TPSA) is 44.5 Å². The molecular formula is C8H15NO2. The van der Waals surface area contributed by atoms with Crippen molar-refractivity contribution >= 4 is 0 Å².